The van der Waals surface area contributed by atoms with Gasteiger partial charge in [-0.2, -0.15) is 0 Å². The number of aromatic nitrogens is 1. The first-order chi connectivity index (χ1) is 16.0. The average Bonchev–Trinajstić information content (AvgIpc) is 3.47. The molecule has 1 unspecified atom stereocenters. The van der Waals surface area contributed by atoms with Gasteiger partial charge in [0.05, 0.1) is 7.11 Å². The Morgan fingerprint density at radius 2 is 1.97 bits per heavy atom. The quantitative estimate of drug-likeness (QED) is 0.393. The molecule has 1 aromatic heterocycles. The summed E-state index contributed by atoms with van der Waals surface area (Å²) >= 11 is 0. The van der Waals surface area contributed by atoms with Crippen LogP contribution in [0.25, 0.3) is 22.2 Å². The lowest BCUT2D eigenvalue weighted by Gasteiger charge is -2.23. The number of ether oxygens (including phenoxy) is 1. The zero-order chi connectivity index (χ0) is 22.9. The van der Waals surface area contributed by atoms with E-state index in [-0.39, 0.29) is 12.1 Å². The molecule has 1 aliphatic rings. The van der Waals surface area contributed by atoms with Crippen LogP contribution >= 0.6 is 0 Å². The van der Waals surface area contributed by atoms with Gasteiger partial charge < -0.3 is 19.4 Å². The van der Waals surface area contributed by atoms with Crippen LogP contribution in [-0.2, 0) is 0 Å². The summed E-state index contributed by atoms with van der Waals surface area (Å²) in [4.78, 5) is 19.7. The summed E-state index contributed by atoms with van der Waals surface area (Å²) in [7, 11) is 1.67. The number of carbonyl (C=O) groups excluding carboxylic acids is 1. The molecular weight excluding hydrogens is 414 g/mol. The van der Waals surface area contributed by atoms with Gasteiger partial charge in [-0.25, -0.2) is 9.78 Å². The van der Waals surface area contributed by atoms with Gasteiger partial charge in [0.1, 0.15) is 17.3 Å². The number of likely N-dealkylation sites (tertiary alicyclic amines) is 1. The van der Waals surface area contributed by atoms with Crippen LogP contribution in [0.15, 0.2) is 65.1 Å². The van der Waals surface area contributed by atoms with Crippen molar-refractivity contribution in [2.75, 3.05) is 19.0 Å². The maximum atomic E-state index is 13.1. The number of urea groups is 1. The summed E-state index contributed by atoms with van der Waals surface area (Å²) in [5.41, 5.74) is 6.54. The van der Waals surface area contributed by atoms with Gasteiger partial charge in [-0.1, -0.05) is 42.0 Å². The molecule has 1 aliphatic heterocycles. The fourth-order valence-electron chi connectivity index (χ4n) is 4.55. The Morgan fingerprint density at radius 1 is 1.12 bits per heavy atom. The van der Waals surface area contributed by atoms with Crippen LogP contribution in [-0.4, -0.2) is 29.6 Å². The summed E-state index contributed by atoms with van der Waals surface area (Å²) in [5, 5.41) is 3.06. The Morgan fingerprint density at radius 3 is 2.79 bits per heavy atom. The number of fused-ring (bicyclic) bond motifs is 1. The standard InChI is InChI=1S/C27H27N3O3/c1-17-10-12-21(18(2)15-17)29-27(31)30-14-6-8-23(30)26-28-22-16-19(11-13-25(22)33-26)20-7-4-5-9-24(20)32-3/h4-5,7,9-13,15-16,23H,6,8,14H2,1-3H3,(H,29,31). The topological polar surface area (TPSA) is 67.6 Å². The van der Waals surface area contributed by atoms with Gasteiger partial charge in [0, 0.05) is 17.8 Å². The second kappa shape index (κ2) is 8.62. The number of benzene rings is 3. The van der Waals surface area contributed by atoms with E-state index in [4.69, 9.17) is 14.1 Å². The van der Waals surface area contributed by atoms with Crippen molar-refractivity contribution in [2.45, 2.75) is 32.7 Å². The van der Waals surface area contributed by atoms with Gasteiger partial charge in [0.15, 0.2) is 5.58 Å². The maximum absolute atomic E-state index is 13.1. The molecule has 0 aliphatic carbocycles. The van der Waals surface area contributed by atoms with Crippen LogP contribution in [0.4, 0.5) is 10.5 Å². The number of anilines is 1. The van der Waals surface area contributed by atoms with Crippen LogP contribution in [0.3, 0.4) is 0 Å². The molecule has 168 valence electrons. The molecule has 1 N–H and O–H groups in total. The molecular formula is C27H27N3O3. The monoisotopic (exact) mass is 441 g/mol. The highest BCUT2D eigenvalue weighted by Crippen LogP contribution is 2.36. The van der Waals surface area contributed by atoms with Crippen LogP contribution in [0, 0.1) is 13.8 Å². The molecule has 0 spiro atoms. The van der Waals surface area contributed by atoms with Crippen molar-refractivity contribution in [3.8, 4) is 16.9 Å². The molecule has 6 heteroatoms. The molecule has 1 fully saturated rings. The average molecular weight is 442 g/mol. The Labute approximate surface area is 193 Å². The van der Waals surface area contributed by atoms with Crippen molar-refractivity contribution < 1.29 is 13.9 Å². The first-order valence-electron chi connectivity index (χ1n) is 11.2. The maximum Gasteiger partial charge on any atom is 0.322 e. The van der Waals surface area contributed by atoms with E-state index in [1.807, 2.05) is 73.3 Å². The number of nitrogens with zero attached hydrogens (tertiary/aromatic N) is 2. The second-order valence-corrected chi connectivity index (χ2v) is 8.53. The number of para-hydroxylation sites is 1. The fourth-order valence-corrected chi connectivity index (χ4v) is 4.55. The minimum Gasteiger partial charge on any atom is -0.496 e. The third-order valence-electron chi connectivity index (χ3n) is 6.24. The molecule has 0 bridgehead atoms. The SMILES string of the molecule is COc1ccccc1-c1ccc2oc(C3CCCN3C(=O)Nc3ccc(C)cc3C)nc2c1. The highest BCUT2D eigenvalue weighted by molar-refractivity contribution is 5.90. The second-order valence-electron chi connectivity index (χ2n) is 8.53. The fraction of sp³-hybridized carbons (Fsp3) is 0.259. The minimum atomic E-state index is -0.183. The van der Waals surface area contributed by atoms with Crippen LogP contribution in [0.1, 0.15) is 35.9 Å². The predicted octanol–water partition coefficient (Wildman–Crippen LogP) is 6.49. The normalized spacial score (nSPS) is 15.7. The van der Waals surface area contributed by atoms with E-state index in [1.54, 1.807) is 7.11 Å². The Balaban J connectivity index is 1.41. The van der Waals surface area contributed by atoms with E-state index in [9.17, 15) is 4.79 Å². The van der Waals surface area contributed by atoms with E-state index in [0.717, 1.165) is 46.5 Å². The van der Waals surface area contributed by atoms with Crippen molar-refractivity contribution >= 4 is 22.8 Å². The van der Waals surface area contributed by atoms with Gasteiger partial charge >= 0.3 is 6.03 Å². The van der Waals surface area contributed by atoms with Crippen LogP contribution in [0.5, 0.6) is 5.75 Å². The Hall–Kier alpha value is -3.80. The molecule has 5 rings (SSSR count). The minimum absolute atomic E-state index is 0.124. The summed E-state index contributed by atoms with van der Waals surface area (Å²) < 4.78 is 11.6. The lowest BCUT2D eigenvalue weighted by molar-refractivity contribution is 0.199. The molecule has 6 nitrogen and oxygen atoms in total. The number of aryl methyl sites for hydroxylation is 2. The van der Waals surface area contributed by atoms with Gasteiger partial charge in [0.2, 0.25) is 5.89 Å². The lowest BCUT2D eigenvalue weighted by atomic mass is 10.0. The summed E-state index contributed by atoms with van der Waals surface area (Å²) in [5.74, 6) is 1.39. The summed E-state index contributed by atoms with van der Waals surface area (Å²) in [6, 6.07) is 19.6. The zero-order valence-corrected chi connectivity index (χ0v) is 19.1. The first-order valence-corrected chi connectivity index (χ1v) is 11.2. The largest absolute Gasteiger partial charge is 0.496 e. The van der Waals surface area contributed by atoms with Gasteiger partial charge in [-0.15, -0.1) is 0 Å². The number of carbonyl (C=O) groups is 1. The number of amides is 2. The van der Waals surface area contributed by atoms with Crippen molar-refractivity contribution in [2.24, 2.45) is 0 Å². The van der Waals surface area contributed by atoms with E-state index in [0.29, 0.717) is 18.0 Å². The first kappa shape index (κ1) is 21.1. The molecule has 3 aromatic carbocycles. The number of oxazole rings is 1. The third kappa shape index (κ3) is 4.04. The molecule has 1 saturated heterocycles. The molecule has 4 aromatic rings. The van der Waals surface area contributed by atoms with Crippen molar-refractivity contribution in [3.63, 3.8) is 0 Å². The number of rotatable bonds is 4. The van der Waals surface area contributed by atoms with Crippen molar-refractivity contribution in [1.29, 1.82) is 0 Å². The van der Waals surface area contributed by atoms with Crippen LogP contribution in [0.2, 0.25) is 0 Å². The van der Waals surface area contributed by atoms with E-state index in [1.165, 1.54) is 5.56 Å². The molecule has 33 heavy (non-hydrogen) atoms. The predicted molar refractivity (Wildman–Crippen MR) is 130 cm³/mol. The van der Waals surface area contributed by atoms with E-state index < -0.39 is 0 Å². The Kier molecular flexibility index (Phi) is 5.50. The summed E-state index contributed by atoms with van der Waals surface area (Å²) in [6.45, 7) is 4.72. The van der Waals surface area contributed by atoms with Gasteiger partial charge in [0.25, 0.3) is 0 Å². The van der Waals surface area contributed by atoms with Crippen molar-refractivity contribution in [1.82, 2.24) is 9.88 Å². The molecule has 0 radical (unpaired) electrons. The van der Waals surface area contributed by atoms with E-state index >= 15 is 0 Å². The highest BCUT2D eigenvalue weighted by atomic mass is 16.5. The number of hydrogen-bond donors (Lipinski definition) is 1. The lowest BCUT2D eigenvalue weighted by Crippen LogP contribution is -2.34. The molecule has 2 amide bonds. The van der Waals surface area contributed by atoms with Gasteiger partial charge in [-0.05, 0) is 62.1 Å². The number of hydrogen-bond acceptors (Lipinski definition) is 4. The van der Waals surface area contributed by atoms with Crippen LogP contribution < -0.4 is 10.1 Å². The molecule has 2 heterocycles. The van der Waals surface area contributed by atoms with Gasteiger partial charge in [-0.3, -0.25) is 0 Å². The number of methoxy groups -OCH3 is 1. The highest BCUT2D eigenvalue weighted by Gasteiger charge is 2.34. The Bertz CT molecular complexity index is 1330. The summed E-state index contributed by atoms with van der Waals surface area (Å²) in [6.07, 6.45) is 1.74. The third-order valence-corrected chi connectivity index (χ3v) is 6.24. The number of nitrogens with one attached hydrogen (secondary N) is 1. The zero-order valence-electron chi connectivity index (χ0n) is 19.1. The molecule has 1 atom stereocenters. The van der Waals surface area contributed by atoms with E-state index in [2.05, 4.69) is 11.4 Å². The smallest absolute Gasteiger partial charge is 0.322 e. The molecule has 0 saturated carbocycles. The van der Waals surface area contributed by atoms with Crippen molar-refractivity contribution in [3.05, 3.63) is 77.7 Å².